The lowest BCUT2D eigenvalue weighted by molar-refractivity contribution is -0.142. The fourth-order valence-corrected chi connectivity index (χ4v) is 2.38. The molecule has 1 aromatic heterocycles. The summed E-state index contributed by atoms with van der Waals surface area (Å²) in [6.45, 7) is 1.62. The summed E-state index contributed by atoms with van der Waals surface area (Å²) in [6.07, 6.45) is 0. The molecule has 0 fully saturated rings. The SMILES string of the molecule is CC(=O)OCc1c(Br)ccc2c(I)[nH]nc12. The van der Waals surface area contributed by atoms with Gasteiger partial charge in [-0.25, -0.2) is 0 Å². The van der Waals surface area contributed by atoms with Crippen molar-refractivity contribution in [2.75, 3.05) is 0 Å². The van der Waals surface area contributed by atoms with E-state index in [2.05, 4.69) is 48.7 Å². The second-order valence-corrected chi connectivity index (χ2v) is 5.17. The normalized spacial score (nSPS) is 10.7. The summed E-state index contributed by atoms with van der Waals surface area (Å²) in [4.78, 5) is 10.8. The predicted octanol–water partition coefficient (Wildman–Crippen LogP) is 2.99. The lowest BCUT2D eigenvalue weighted by Gasteiger charge is -2.05. The van der Waals surface area contributed by atoms with Gasteiger partial charge in [-0.3, -0.25) is 9.89 Å². The number of H-pyrrole nitrogens is 1. The highest BCUT2D eigenvalue weighted by Crippen LogP contribution is 2.28. The van der Waals surface area contributed by atoms with E-state index in [1.807, 2.05) is 12.1 Å². The van der Waals surface area contributed by atoms with Gasteiger partial charge in [-0.15, -0.1) is 0 Å². The number of carbonyl (C=O) groups is 1. The number of benzene rings is 1. The Balaban J connectivity index is 2.48. The van der Waals surface area contributed by atoms with E-state index in [-0.39, 0.29) is 12.6 Å². The van der Waals surface area contributed by atoms with E-state index in [9.17, 15) is 4.79 Å². The van der Waals surface area contributed by atoms with Crippen molar-refractivity contribution in [3.8, 4) is 0 Å². The Morgan fingerprint density at radius 3 is 3.06 bits per heavy atom. The largest absolute Gasteiger partial charge is 0.461 e. The molecular weight excluding hydrogens is 387 g/mol. The molecule has 0 bridgehead atoms. The average molecular weight is 395 g/mol. The van der Waals surface area contributed by atoms with Crippen molar-refractivity contribution >= 4 is 55.4 Å². The van der Waals surface area contributed by atoms with Crippen LogP contribution in [0.1, 0.15) is 12.5 Å². The Morgan fingerprint density at radius 2 is 2.38 bits per heavy atom. The highest BCUT2D eigenvalue weighted by atomic mass is 127. The minimum absolute atomic E-state index is 0.230. The molecule has 0 aliphatic rings. The minimum Gasteiger partial charge on any atom is -0.461 e. The Bertz CT molecular complexity index is 553. The smallest absolute Gasteiger partial charge is 0.302 e. The first kappa shape index (κ1) is 11.8. The molecule has 0 aliphatic carbocycles. The van der Waals surface area contributed by atoms with Gasteiger partial charge in [0, 0.05) is 22.3 Å². The van der Waals surface area contributed by atoms with Gasteiger partial charge in [0.05, 0.1) is 0 Å². The lowest BCUT2D eigenvalue weighted by atomic mass is 10.1. The molecule has 0 unspecified atom stereocenters. The van der Waals surface area contributed by atoms with Gasteiger partial charge >= 0.3 is 5.97 Å². The van der Waals surface area contributed by atoms with Gasteiger partial charge in [-0.2, -0.15) is 5.10 Å². The quantitative estimate of drug-likeness (QED) is 0.629. The fourth-order valence-electron chi connectivity index (χ4n) is 1.39. The standard InChI is InChI=1S/C10H8BrIN2O2/c1-5(15)16-4-7-8(11)3-2-6-9(7)13-14-10(6)12/h2-3H,4H2,1H3,(H,13,14). The van der Waals surface area contributed by atoms with Crippen LogP contribution in [0.5, 0.6) is 0 Å². The number of halogens is 2. The number of carbonyl (C=O) groups excluding carboxylic acids is 1. The van der Waals surface area contributed by atoms with Crippen molar-refractivity contribution < 1.29 is 9.53 Å². The summed E-state index contributed by atoms with van der Waals surface area (Å²) in [7, 11) is 0. The van der Waals surface area contributed by atoms with Crippen LogP contribution in [0, 0.1) is 3.70 Å². The lowest BCUT2D eigenvalue weighted by Crippen LogP contribution is -2.00. The first-order chi connectivity index (χ1) is 7.59. The van der Waals surface area contributed by atoms with Crippen molar-refractivity contribution in [3.05, 3.63) is 25.9 Å². The number of nitrogens with zero attached hydrogens (tertiary/aromatic N) is 1. The number of fused-ring (bicyclic) bond motifs is 1. The molecule has 1 N–H and O–H groups in total. The van der Waals surface area contributed by atoms with E-state index in [1.165, 1.54) is 6.92 Å². The van der Waals surface area contributed by atoms with Gasteiger partial charge in [0.2, 0.25) is 0 Å². The number of ether oxygens (including phenoxy) is 1. The molecule has 4 nitrogen and oxygen atoms in total. The van der Waals surface area contributed by atoms with Crippen molar-refractivity contribution in [2.24, 2.45) is 0 Å². The van der Waals surface area contributed by atoms with Crippen LogP contribution >= 0.6 is 38.5 Å². The van der Waals surface area contributed by atoms with Gasteiger partial charge in [-0.1, -0.05) is 15.9 Å². The summed E-state index contributed by atoms with van der Waals surface area (Å²) >= 11 is 5.61. The first-order valence-electron chi connectivity index (χ1n) is 4.54. The molecule has 0 atom stereocenters. The van der Waals surface area contributed by atoms with Gasteiger partial charge in [0.1, 0.15) is 15.8 Å². The number of nitrogens with one attached hydrogen (secondary N) is 1. The van der Waals surface area contributed by atoms with Crippen LogP contribution in [0.3, 0.4) is 0 Å². The number of hydrogen-bond acceptors (Lipinski definition) is 3. The fraction of sp³-hybridized carbons (Fsp3) is 0.200. The molecule has 1 heterocycles. The highest BCUT2D eigenvalue weighted by Gasteiger charge is 2.12. The van der Waals surface area contributed by atoms with E-state index in [0.717, 1.165) is 24.6 Å². The molecule has 6 heteroatoms. The number of esters is 1. The zero-order valence-electron chi connectivity index (χ0n) is 8.38. The van der Waals surface area contributed by atoms with Gasteiger partial charge in [0.15, 0.2) is 0 Å². The van der Waals surface area contributed by atoms with Gasteiger partial charge in [-0.05, 0) is 34.7 Å². The first-order valence-corrected chi connectivity index (χ1v) is 6.41. The number of aromatic amines is 1. The van der Waals surface area contributed by atoms with Crippen molar-refractivity contribution in [2.45, 2.75) is 13.5 Å². The third-order valence-electron chi connectivity index (χ3n) is 2.15. The molecule has 0 spiro atoms. The third-order valence-corrected chi connectivity index (χ3v) is 3.71. The molecule has 1 aromatic carbocycles. The molecule has 84 valence electrons. The summed E-state index contributed by atoms with van der Waals surface area (Å²) in [5, 5.41) is 8.14. The van der Waals surface area contributed by atoms with Gasteiger partial charge in [0.25, 0.3) is 0 Å². The van der Waals surface area contributed by atoms with E-state index >= 15 is 0 Å². The van der Waals surface area contributed by atoms with Crippen molar-refractivity contribution in [1.29, 1.82) is 0 Å². The monoisotopic (exact) mass is 394 g/mol. The Kier molecular flexibility index (Phi) is 3.48. The Hall–Kier alpha value is -0.630. The second-order valence-electron chi connectivity index (χ2n) is 3.24. The van der Waals surface area contributed by atoms with E-state index < -0.39 is 0 Å². The molecule has 0 aliphatic heterocycles. The molecular formula is C10H8BrIN2O2. The Morgan fingerprint density at radius 1 is 1.62 bits per heavy atom. The van der Waals surface area contributed by atoms with Crippen LogP contribution in [0.4, 0.5) is 0 Å². The van der Waals surface area contributed by atoms with Crippen LogP contribution in [0.15, 0.2) is 16.6 Å². The maximum Gasteiger partial charge on any atom is 0.302 e. The van der Waals surface area contributed by atoms with Crippen LogP contribution in [-0.2, 0) is 16.1 Å². The van der Waals surface area contributed by atoms with Crippen LogP contribution in [0.2, 0.25) is 0 Å². The van der Waals surface area contributed by atoms with Gasteiger partial charge < -0.3 is 4.74 Å². The van der Waals surface area contributed by atoms with Crippen molar-refractivity contribution in [3.63, 3.8) is 0 Å². The zero-order valence-corrected chi connectivity index (χ0v) is 12.1. The summed E-state index contributed by atoms with van der Waals surface area (Å²) in [6, 6.07) is 3.90. The minimum atomic E-state index is -0.297. The summed E-state index contributed by atoms with van der Waals surface area (Å²) in [5.41, 5.74) is 1.71. The number of rotatable bonds is 2. The zero-order chi connectivity index (χ0) is 11.7. The van der Waals surface area contributed by atoms with Crippen molar-refractivity contribution in [1.82, 2.24) is 10.2 Å². The summed E-state index contributed by atoms with van der Waals surface area (Å²) < 4.78 is 6.87. The second kappa shape index (κ2) is 4.70. The van der Waals surface area contributed by atoms with Crippen LogP contribution in [-0.4, -0.2) is 16.2 Å². The van der Waals surface area contributed by atoms with E-state index in [0.29, 0.717) is 0 Å². The molecule has 2 rings (SSSR count). The summed E-state index contributed by atoms with van der Waals surface area (Å²) in [5.74, 6) is -0.297. The average Bonchev–Trinajstić information content (AvgIpc) is 2.59. The molecule has 0 amide bonds. The van der Waals surface area contributed by atoms with E-state index in [1.54, 1.807) is 0 Å². The highest BCUT2D eigenvalue weighted by molar-refractivity contribution is 14.1. The molecule has 0 radical (unpaired) electrons. The molecule has 2 aromatic rings. The Labute approximate surface area is 114 Å². The number of aromatic nitrogens is 2. The molecule has 16 heavy (non-hydrogen) atoms. The number of hydrogen-bond donors (Lipinski definition) is 1. The van der Waals surface area contributed by atoms with E-state index in [4.69, 9.17) is 4.74 Å². The van der Waals surface area contributed by atoms with Crippen LogP contribution in [0.25, 0.3) is 10.9 Å². The maximum atomic E-state index is 10.8. The topological polar surface area (TPSA) is 55.0 Å². The van der Waals surface area contributed by atoms with Crippen LogP contribution < -0.4 is 0 Å². The predicted molar refractivity (Wildman–Crippen MR) is 72.0 cm³/mol. The molecule has 0 saturated carbocycles. The maximum absolute atomic E-state index is 10.8. The third kappa shape index (κ3) is 2.22. The molecule has 0 saturated heterocycles.